The number of hydrogen-bond acceptors (Lipinski definition) is 2. The summed E-state index contributed by atoms with van der Waals surface area (Å²) < 4.78 is 5.30. The van der Waals surface area contributed by atoms with Crippen molar-refractivity contribution in [3.05, 3.63) is 24.8 Å². The Hall–Kier alpha value is -0.890. The molecule has 0 aliphatic carbocycles. The minimum atomic E-state index is 0.221. The summed E-state index contributed by atoms with van der Waals surface area (Å²) >= 11 is 0. The molecule has 0 aromatic carbocycles. The molecule has 0 aromatic heterocycles. The van der Waals surface area contributed by atoms with Crippen LogP contribution in [0, 0.1) is 0 Å². The van der Waals surface area contributed by atoms with E-state index in [9.17, 15) is 4.79 Å². The van der Waals surface area contributed by atoms with Crippen molar-refractivity contribution < 1.29 is 9.53 Å². The van der Waals surface area contributed by atoms with Gasteiger partial charge in [0.15, 0.2) is 5.78 Å². The van der Waals surface area contributed by atoms with Crippen molar-refractivity contribution >= 4 is 5.78 Å². The summed E-state index contributed by atoms with van der Waals surface area (Å²) in [6.45, 7) is 3.87. The summed E-state index contributed by atoms with van der Waals surface area (Å²) in [5.41, 5.74) is 0. The van der Waals surface area contributed by atoms with Crippen molar-refractivity contribution in [2.24, 2.45) is 0 Å². The first-order chi connectivity index (χ1) is 5.83. The van der Waals surface area contributed by atoms with Gasteiger partial charge in [-0.25, -0.2) is 0 Å². The Kier molecular flexibility index (Phi) is 3.74. The van der Waals surface area contributed by atoms with Crippen LogP contribution in [0.2, 0.25) is 0 Å². The van der Waals surface area contributed by atoms with Crippen molar-refractivity contribution in [1.82, 2.24) is 0 Å². The van der Waals surface area contributed by atoms with Gasteiger partial charge in [-0.15, -0.1) is 0 Å². The minimum Gasteiger partial charge on any atom is -0.370 e. The lowest BCUT2D eigenvalue weighted by molar-refractivity contribution is -0.131. The Bertz CT molecular complexity index is 184. The summed E-state index contributed by atoms with van der Waals surface area (Å²) in [7, 11) is 0. The van der Waals surface area contributed by atoms with Crippen LogP contribution in [-0.4, -0.2) is 18.5 Å². The molecule has 66 valence electrons. The van der Waals surface area contributed by atoms with E-state index in [0.29, 0.717) is 13.0 Å². The molecular weight excluding hydrogens is 152 g/mol. The van der Waals surface area contributed by atoms with Gasteiger partial charge >= 0.3 is 0 Å². The first-order valence-corrected chi connectivity index (χ1v) is 4.24. The lowest BCUT2D eigenvalue weighted by Gasteiger charge is -2.20. The lowest BCUT2D eigenvalue weighted by atomic mass is 10.1. The van der Waals surface area contributed by atoms with Gasteiger partial charge in [-0.3, -0.25) is 4.79 Å². The molecule has 1 rings (SSSR count). The van der Waals surface area contributed by atoms with E-state index in [0.717, 1.165) is 12.8 Å². The molecule has 0 bridgehead atoms. The van der Waals surface area contributed by atoms with Crippen LogP contribution in [0.25, 0.3) is 0 Å². The molecule has 1 unspecified atom stereocenters. The summed E-state index contributed by atoms with van der Waals surface area (Å²) in [6.07, 6.45) is 8.33. The van der Waals surface area contributed by atoms with Crippen molar-refractivity contribution in [3.8, 4) is 0 Å². The molecule has 1 aliphatic rings. The fraction of sp³-hybridized carbons (Fsp3) is 0.500. The predicted octanol–water partition coefficient (Wildman–Crippen LogP) is 1.87. The Morgan fingerprint density at radius 2 is 2.50 bits per heavy atom. The average Bonchev–Trinajstić information content (AvgIpc) is 2.09. The molecule has 1 atom stereocenters. The van der Waals surface area contributed by atoms with Crippen LogP contribution in [0.5, 0.6) is 0 Å². The quantitative estimate of drug-likeness (QED) is 0.598. The number of Topliss-reactive ketones (excluding diaryl/α,β-unsaturated/α-hetero) is 1. The van der Waals surface area contributed by atoms with Gasteiger partial charge in [-0.1, -0.05) is 24.8 Å². The fourth-order valence-electron chi connectivity index (χ4n) is 1.20. The number of ketones is 1. The smallest absolute Gasteiger partial charge is 0.158 e. The summed E-state index contributed by atoms with van der Waals surface area (Å²) in [4.78, 5) is 10.8. The maximum absolute atomic E-state index is 10.8. The highest BCUT2D eigenvalue weighted by Crippen LogP contribution is 2.13. The second-order valence-electron chi connectivity index (χ2n) is 2.91. The van der Waals surface area contributed by atoms with Crippen molar-refractivity contribution in [2.75, 3.05) is 6.61 Å². The van der Waals surface area contributed by atoms with Crippen LogP contribution < -0.4 is 0 Å². The van der Waals surface area contributed by atoms with Crippen LogP contribution in [0.3, 0.4) is 0 Å². The molecule has 0 N–H and O–H groups in total. The van der Waals surface area contributed by atoms with Gasteiger partial charge < -0.3 is 4.74 Å². The van der Waals surface area contributed by atoms with Crippen molar-refractivity contribution in [1.29, 1.82) is 0 Å². The molecule has 1 aliphatic heterocycles. The summed E-state index contributed by atoms with van der Waals surface area (Å²) in [5.74, 6) is 0.221. The highest BCUT2D eigenvalue weighted by atomic mass is 16.5. The molecule has 1 heterocycles. The van der Waals surface area contributed by atoms with Gasteiger partial charge in [0.25, 0.3) is 0 Å². The second kappa shape index (κ2) is 4.88. The van der Waals surface area contributed by atoms with E-state index in [2.05, 4.69) is 6.58 Å². The fourth-order valence-corrected chi connectivity index (χ4v) is 1.20. The van der Waals surface area contributed by atoms with Gasteiger partial charge in [-0.2, -0.15) is 0 Å². The maximum Gasteiger partial charge on any atom is 0.158 e. The topological polar surface area (TPSA) is 26.3 Å². The molecule has 0 amide bonds. The number of ether oxygens (including phenoxy) is 1. The van der Waals surface area contributed by atoms with E-state index >= 15 is 0 Å². The van der Waals surface area contributed by atoms with Crippen LogP contribution in [0.15, 0.2) is 24.8 Å². The molecular formula is C10H14O2. The van der Waals surface area contributed by atoms with E-state index in [1.807, 2.05) is 12.2 Å². The number of carbonyl (C=O) groups is 1. The third kappa shape index (κ3) is 3.01. The largest absolute Gasteiger partial charge is 0.370 e. The Balaban J connectivity index is 2.21. The number of carbonyl (C=O) groups excluding carboxylic acids is 1. The zero-order chi connectivity index (χ0) is 8.81. The maximum atomic E-state index is 10.8. The molecule has 0 aromatic rings. The molecule has 12 heavy (non-hydrogen) atoms. The van der Waals surface area contributed by atoms with E-state index in [1.54, 1.807) is 6.08 Å². The van der Waals surface area contributed by atoms with Gasteiger partial charge in [-0.05, 0) is 12.8 Å². The van der Waals surface area contributed by atoms with Gasteiger partial charge in [0.1, 0.15) is 6.61 Å². The van der Waals surface area contributed by atoms with Crippen LogP contribution in [0.1, 0.15) is 19.3 Å². The van der Waals surface area contributed by atoms with E-state index < -0.39 is 0 Å². The van der Waals surface area contributed by atoms with E-state index in [1.165, 1.54) is 0 Å². The minimum absolute atomic E-state index is 0.221. The highest BCUT2D eigenvalue weighted by molar-refractivity contribution is 5.80. The molecule has 2 heteroatoms. The van der Waals surface area contributed by atoms with Crippen LogP contribution in [0.4, 0.5) is 0 Å². The molecule has 0 saturated carbocycles. The Labute approximate surface area is 72.9 Å². The second-order valence-corrected chi connectivity index (χ2v) is 2.91. The lowest BCUT2D eigenvalue weighted by Crippen LogP contribution is -2.25. The van der Waals surface area contributed by atoms with E-state index in [4.69, 9.17) is 4.74 Å². The van der Waals surface area contributed by atoms with Gasteiger partial charge in [0, 0.05) is 6.42 Å². The standard InChI is InChI=1S/C10H14O2/c1-2-3-4-5-10-7-6-9(11)8-12-10/h2-4,10H,1,5-8H2/b4-3+. The van der Waals surface area contributed by atoms with Crippen molar-refractivity contribution in [2.45, 2.75) is 25.4 Å². The Morgan fingerprint density at radius 1 is 1.67 bits per heavy atom. The number of allylic oxidation sites excluding steroid dienone is 2. The average molecular weight is 166 g/mol. The third-order valence-electron chi connectivity index (χ3n) is 1.90. The number of rotatable bonds is 3. The molecule has 2 nitrogen and oxygen atoms in total. The predicted molar refractivity (Wildman–Crippen MR) is 47.9 cm³/mol. The molecule has 1 fully saturated rings. The first kappa shape index (κ1) is 9.20. The zero-order valence-electron chi connectivity index (χ0n) is 7.16. The number of hydrogen-bond donors (Lipinski definition) is 0. The van der Waals surface area contributed by atoms with Crippen LogP contribution >= 0.6 is 0 Å². The highest BCUT2D eigenvalue weighted by Gasteiger charge is 2.17. The molecule has 0 radical (unpaired) electrons. The summed E-state index contributed by atoms with van der Waals surface area (Å²) in [6, 6.07) is 0. The monoisotopic (exact) mass is 166 g/mol. The van der Waals surface area contributed by atoms with E-state index in [-0.39, 0.29) is 11.9 Å². The first-order valence-electron chi connectivity index (χ1n) is 4.24. The SMILES string of the molecule is C=C/C=C/CC1CCC(=O)CO1. The normalized spacial score (nSPS) is 24.7. The molecule has 0 spiro atoms. The van der Waals surface area contributed by atoms with Crippen LogP contribution in [-0.2, 0) is 9.53 Å². The summed E-state index contributed by atoms with van der Waals surface area (Å²) in [5, 5.41) is 0. The molecule has 1 saturated heterocycles. The Morgan fingerprint density at radius 3 is 3.08 bits per heavy atom. The van der Waals surface area contributed by atoms with Gasteiger partial charge in [0.05, 0.1) is 6.10 Å². The van der Waals surface area contributed by atoms with Crippen molar-refractivity contribution in [3.63, 3.8) is 0 Å². The third-order valence-corrected chi connectivity index (χ3v) is 1.90. The van der Waals surface area contributed by atoms with Gasteiger partial charge in [0.2, 0.25) is 0 Å². The zero-order valence-corrected chi connectivity index (χ0v) is 7.16.